The Hall–Kier alpha value is -1.10. The molecule has 0 radical (unpaired) electrons. The minimum Gasteiger partial charge on any atom is -0.370 e. The summed E-state index contributed by atoms with van der Waals surface area (Å²) in [6.45, 7) is 7.38. The van der Waals surface area contributed by atoms with Crippen molar-refractivity contribution in [3.8, 4) is 0 Å². The van der Waals surface area contributed by atoms with Crippen molar-refractivity contribution < 1.29 is 9.59 Å². The van der Waals surface area contributed by atoms with E-state index in [9.17, 15) is 9.59 Å². The molecule has 0 aliphatic heterocycles. The predicted molar refractivity (Wildman–Crippen MR) is 58.8 cm³/mol. The van der Waals surface area contributed by atoms with E-state index < -0.39 is 11.9 Å². The molecule has 0 spiro atoms. The number of amides is 2. The standard InChI is InChI=1S/C10H21N3O2/c1-6(5-7(11)14)13-9(15)8(12)10(2,3)4/h6,8H,5,12H2,1-4H3,(H2,11,14)(H,13,15)/t6?,8-/m1/s1. The third kappa shape index (κ3) is 5.37. The highest BCUT2D eigenvalue weighted by Gasteiger charge is 2.28. The summed E-state index contributed by atoms with van der Waals surface area (Å²) >= 11 is 0. The normalized spacial score (nSPS) is 15.5. The molecule has 0 bridgehead atoms. The fourth-order valence-electron chi connectivity index (χ4n) is 1.08. The Kier molecular flexibility index (Phi) is 4.74. The fraction of sp³-hybridized carbons (Fsp3) is 0.800. The van der Waals surface area contributed by atoms with Crippen LogP contribution in [0, 0.1) is 5.41 Å². The highest BCUT2D eigenvalue weighted by molar-refractivity contribution is 5.83. The topological polar surface area (TPSA) is 98.2 Å². The van der Waals surface area contributed by atoms with Crippen LogP contribution in [0.25, 0.3) is 0 Å². The van der Waals surface area contributed by atoms with E-state index in [1.165, 1.54) is 0 Å². The number of hydrogen-bond donors (Lipinski definition) is 3. The molecule has 0 fully saturated rings. The maximum absolute atomic E-state index is 11.6. The van der Waals surface area contributed by atoms with Gasteiger partial charge >= 0.3 is 0 Å². The number of carbonyl (C=O) groups is 2. The van der Waals surface area contributed by atoms with Gasteiger partial charge in [-0.3, -0.25) is 9.59 Å². The molecule has 0 heterocycles. The van der Waals surface area contributed by atoms with E-state index in [1.807, 2.05) is 20.8 Å². The maximum atomic E-state index is 11.6. The summed E-state index contributed by atoms with van der Waals surface area (Å²) in [7, 11) is 0. The highest BCUT2D eigenvalue weighted by Crippen LogP contribution is 2.17. The molecule has 0 aromatic rings. The quantitative estimate of drug-likeness (QED) is 0.602. The van der Waals surface area contributed by atoms with Crippen molar-refractivity contribution in [2.24, 2.45) is 16.9 Å². The van der Waals surface area contributed by atoms with E-state index in [0.717, 1.165) is 0 Å². The van der Waals surface area contributed by atoms with E-state index in [2.05, 4.69) is 5.32 Å². The van der Waals surface area contributed by atoms with Gasteiger partial charge in [0, 0.05) is 12.5 Å². The zero-order valence-electron chi connectivity index (χ0n) is 9.83. The first kappa shape index (κ1) is 13.9. The van der Waals surface area contributed by atoms with Gasteiger partial charge in [-0.05, 0) is 12.3 Å². The minimum absolute atomic E-state index is 0.128. The molecule has 1 unspecified atom stereocenters. The van der Waals surface area contributed by atoms with Gasteiger partial charge < -0.3 is 16.8 Å². The number of nitrogens with two attached hydrogens (primary N) is 2. The summed E-state index contributed by atoms with van der Waals surface area (Å²) in [5, 5.41) is 2.65. The van der Waals surface area contributed by atoms with Crippen molar-refractivity contribution in [2.45, 2.75) is 46.2 Å². The van der Waals surface area contributed by atoms with Crippen molar-refractivity contribution in [3.05, 3.63) is 0 Å². The Morgan fingerprint density at radius 2 is 1.80 bits per heavy atom. The van der Waals surface area contributed by atoms with E-state index in [1.54, 1.807) is 6.92 Å². The van der Waals surface area contributed by atoms with Crippen molar-refractivity contribution in [3.63, 3.8) is 0 Å². The predicted octanol–water partition coefficient (Wildman–Crippen LogP) is -0.260. The summed E-state index contributed by atoms with van der Waals surface area (Å²) in [6.07, 6.45) is 0.128. The third-order valence-corrected chi connectivity index (χ3v) is 2.11. The second kappa shape index (κ2) is 5.11. The van der Waals surface area contributed by atoms with Crippen LogP contribution in [0.4, 0.5) is 0 Å². The van der Waals surface area contributed by atoms with Crippen molar-refractivity contribution in [1.82, 2.24) is 5.32 Å². The number of hydrogen-bond acceptors (Lipinski definition) is 3. The maximum Gasteiger partial charge on any atom is 0.237 e. The molecule has 2 atom stereocenters. The molecule has 0 saturated heterocycles. The molecule has 2 amide bonds. The van der Waals surface area contributed by atoms with Gasteiger partial charge in [0.2, 0.25) is 11.8 Å². The minimum atomic E-state index is -0.590. The second-order valence-electron chi connectivity index (χ2n) is 4.92. The van der Waals surface area contributed by atoms with E-state index >= 15 is 0 Å². The number of carbonyl (C=O) groups excluding carboxylic acids is 2. The van der Waals surface area contributed by atoms with Crippen LogP contribution in [-0.4, -0.2) is 23.9 Å². The monoisotopic (exact) mass is 215 g/mol. The molecule has 5 heteroatoms. The fourth-order valence-corrected chi connectivity index (χ4v) is 1.08. The van der Waals surface area contributed by atoms with Crippen LogP contribution in [-0.2, 0) is 9.59 Å². The van der Waals surface area contributed by atoms with Gasteiger partial charge in [-0.25, -0.2) is 0 Å². The molecule has 0 aromatic carbocycles. The Morgan fingerprint density at radius 1 is 1.33 bits per heavy atom. The highest BCUT2D eigenvalue weighted by atomic mass is 16.2. The average molecular weight is 215 g/mol. The van der Waals surface area contributed by atoms with Crippen LogP contribution >= 0.6 is 0 Å². The smallest absolute Gasteiger partial charge is 0.237 e. The summed E-state index contributed by atoms with van der Waals surface area (Å²) < 4.78 is 0. The number of nitrogens with one attached hydrogen (secondary N) is 1. The molecule has 0 aromatic heterocycles. The van der Waals surface area contributed by atoms with Crippen LogP contribution in [0.3, 0.4) is 0 Å². The van der Waals surface area contributed by atoms with Crippen molar-refractivity contribution >= 4 is 11.8 Å². The first-order valence-corrected chi connectivity index (χ1v) is 4.99. The van der Waals surface area contributed by atoms with E-state index in [0.29, 0.717) is 0 Å². The third-order valence-electron chi connectivity index (χ3n) is 2.11. The number of rotatable bonds is 4. The molecule has 15 heavy (non-hydrogen) atoms. The Labute approximate surface area is 90.6 Å². The molecule has 88 valence electrons. The molecule has 5 nitrogen and oxygen atoms in total. The lowest BCUT2D eigenvalue weighted by atomic mass is 9.87. The first-order chi connectivity index (χ1) is 6.64. The Bertz CT molecular complexity index is 246. The first-order valence-electron chi connectivity index (χ1n) is 4.99. The lowest BCUT2D eigenvalue weighted by Crippen LogP contribution is -2.51. The summed E-state index contributed by atoms with van der Waals surface area (Å²) in [6, 6.07) is -0.865. The molecular weight excluding hydrogens is 194 g/mol. The van der Waals surface area contributed by atoms with Gasteiger partial charge in [-0.1, -0.05) is 20.8 Å². The van der Waals surface area contributed by atoms with Crippen LogP contribution in [0.5, 0.6) is 0 Å². The summed E-state index contributed by atoms with van der Waals surface area (Å²) in [5.41, 5.74) is 10.5. The van der Waals surface area contributed by atoms with Crippen LogP contribution in [0.15, 0.2) is 0 Å². The van der Waals surface area contributed by atoms with Crippen LogP contribution in [0.2, 0.25) is 0 Å². The largest absolute Gasteiger partial charge is 0.370 e. The summed E-state index contributed by atoms with van der Waals surface area (Å²) in [5.74, 6) is -0.691. The van der Waals surface area contributed by atoms with Crippen molar-refractivity contribution in [2.75, 3.05) is 0 Å². The lowest BCUT2D eigenvalue weighted by molar-refractivity contribution is -0.125. The lowest BCUT2D eigenvalue weighted by Gasteiger charge is -2.27. The Morgan fingerprint density at radius 3 is 2.13 bits per heavy atom. The van der Waals surface area contributed by atoms with Gasteiger partial charge in [0.1, 0.15) is 0 Å². The zero-order chi connectivity index (χ0) is 12.2. The average Bonchev–Trinajstić information content (AvgIpc) is 1.99. The van der Waals surface area contributed by atoms with E-state index in [4.69, 9.17) is 11.5 Å². The molecule has 0 rings (SSSR count). The summed E-state index contributed by atoms with van der Waals surface area (Å²) in [4.78, 5) is 22.2. The van der Waals surface area contributed by atoms with Crippen molar-refractivity contribution in [1.29, 1.82) is 0 Å². The van der Waals surface area contributed by atoms with Gasteiger partial charge in [0.25, 0.3) is 0 Å². The van der Waals surface area contributed by atoms with Gasteiger partial charge in [-0.2, -0.15) is 0 Å². The SMILES string of the molecule is CC(CC(N)=O)NC(=O)[C@@H](N)C(C)(C)C. The molecule has 5 N–H and O–H groups in total. The molecule has 0 aliphatic rings. The molecular formula is C10H21N3O2. The molecule has 0 saturated carbocycles. The van der Waals surface area contributed by atoms with Gasteiger partial charge in [0.15, 0.2) is 0 Å². The molecule has 0 aliphatic carbocycles. The number of primary amides is 1. The van der Waals surface area contributed by atoms with Crippen LogP contribution in [0.1, 0.15) is 34.1 Å². The van der Waals surface area contributed by atoms with Crippen LogP contribution < -0.4 is 16.8 Å². The van der Waals surface area contributed by atoms with E-state index in [-0.39, 0.29) is 23.8 Å². The van der Waals surface area contributed by atoms with Gasteiger partial charge in [-0.15, -0.1) is 0 Å². The second-order valence-corrected chi connectivity index (χ2v) is 4.92. The zero-order valence-corrected chi connectivity index (χ0v) is 9.83. The van der Waals surface area contributed by atoms with Gasteiger partial charge in [0.05, 0.1) is 6.04 Å². The Balaban J connectivity index is 4.19.